The van der Waals surface area contributed by atoms with E-state index in [-0.39, 0.29) is 12.6 Å². The Morgan fingerprint density at radius 3 is 2.65 bits per heavy atom. The molecule has 1 fully saturated rings. The minimum absolute atomic E-state index is 0.122. The van der Waals surface area contributed by atoms with Crippen molar-refractivity contribution in [3.05, 3.63) is 42.2 Å². The Kier molecular flexibility index (Phi) is 4.16. The molecule has 7 nitrogen and oxygen atoms in total. The van der Waals surface area contributed by atoms with E-state index in [0.717, 1.165) is 36.9 Å². The molecule has 2 heterocycles. The molecule has 0 atom stereocenters. The van der Waals surface area contributed by atoms with Crippen molar-refractivity contribution in [2.75, 3.05) is 4.90 Å². The summed E-state index contributed by atoms with van der Waals surface area (Å²) in [5.74, 6) is 1.84. The topological polar surface area (TPSA) is 113 Å². The lowest BCUT2D eigenvalue weighted by atomic mass is 9.87. The number of aliphatic imine (C=N–C) groups is 2. The van der Waals surface area contributed by atoms with Gasteiger partial charge in [-0.15, -0.1) is 0 Å². The van der Waals surface area contributed by atoms with Gasteiger partial charge in [0.15, 0.2) is 0 Å². The SMILES string of the molecule is NC1=NC2(CCCCC2)N(c2cccc(-c3ccc(CO)o3)c2)C(N)=N1. The van der Waals surface area contributed by atoms with Gasteiger partial charge in [0.2, 0.25) is 11.9 Å². The zero-order chi connectivity index (χ0) is 18.1. The van der Waals surface area contributed by atoms with Crippen molar-refractivity contribution in [1.82, 2.24) is 0 Å². The van der Waals surface area contributed by atoms with Gasteiger partial charge in [-0.25, -0.2) is 4.99 Å². The van der Waals surface area contributed by atoms with Gasteiger partial charge >= 0.3 is 0 Å². The van der Waals surface area contributed by atoms with Crippen molar-refractivity contribution >= 4 is 17.6 Å². The van der Waals surface area contributed by atoms with E-state index in [9.17, 15) is 5.11 Å². The smallest absolute Gasteiger partial charge is 0.220 e. The van der Waals surface area contributed by atoms with Crippen LogP contribution in [0.4, 0.5) is 5.69 Å². The molecule has 1 aromatic carbocycles. The van der Waals surface area contributed by atoms with E-state index in [1.807, 2.05) is 35.2 Å². The molecule has 1 spiro atoms. The number of furan rings is 1. The summed E-state index contributed by atoms with van der Waals surface area (Å²) in [5, 5.41) is 9.22. The first kappa shape index (κ1) is 16.7. The molecule has 0 bridgehead atoms. The maximum absolute atomic E-state index is 9.22. The van der Waals surface area contributed by atoms with Crippen LogP contribution in [0.3, 0.4) is 0 Å². The van der Waals surface area contributed by atoms with Gasteiger partial charge in [0.1, 0.15) is 23.8 Å². The van der Waals surface area contributed by atoms with Crippen LogP contribution in [0.25, 0.3) is 11.3 Å². The summed E-state index contributed by atoms with van der Waals surface area (Å²) in [6.07, 6.45) is 5.14. The minimum Gasteiger partial charge on any atom is -0.459 e. The zero-order valence-corrected chi connectivity index (χ0v) is 14.6. The molecule has 0 unspecified atom stereocenters. The van der Waals surface area contributed by atoms with E-state index in [0.29, 0.717) is 17.5 Å². The highest BCUT2D eigenvalue weighted by molar-refractivity contribution is 6.05. The summed E-state index contributed by atoms with van der Waals surface area (Å²) in [7, 11) is 0. The van der Waals surface area contributed by atoms with Crippen molar-refractivity contribution in [1.29, 1.82) is 0 Å². The molecule has 1 aliphatic carbocycles. The van der Waals surface area contributed by atoms with Crippen LogP contribution in [0.5, 0.6) is 0 Å². The summed E-state index contributed by atoms with van der Waals surface area (Å²) >= 11 is 0. The van der Waals surface area contributed by atoms with E-state index in [2.05, 4.69) is 4.99 Å². The molecule has 1 aromatic heterocycles. The lowest BCUT2D eigenvalue weighted by Crippen LogP contribution is -2.58. The van der Waals surface area contributed by atoms with Crippen LogP contribution in [0, 0.1) is 0 Å². The molecular formula is C19H23N5O2. The third-order valence-electron chi connectivity index (χ3n) is 5.06. The third-order valence-corrected chi connectivity index (χ3v) is 5.06. The summed E-state index contributed by atoms with van der Waals surface area (Å²) in [6.45, 7) is -0.122. The molecule has 7 heteroatoms. The molecule has 2 aliphatic rings. The van der Waals surface area contributed by atoms with Crippen LogP contribution >= 0.6 is 0 Å². The predicted molar refractivity (Wildman–Crippen MR) is 102 cm³/mol. The number of hydrogen-bond acceptors (Lipinski definition) is 7. The molecule has 2 aromatic rings. The number of hydrogen-bond donors (Lipinski definition) is 3. The first-order chi connectivity index (χ1) is 12.6. The molecular weight excluding hydrogens is 330 g/mol. The van der Waals surface area contributed by atoms with Gasteiger partial charge < -0.3 is 21.0 Å². The maximum atomic E-state index is 9.22. The molecule has 26 heavy (non-hydrogen) atoms. The fourth-order valence-corrected chi connectivity index (χ4v) is 3.91. The molecule has 136 valence electrons. The van der Waals surface area contributed by atoms with Crippen molar-refractivity contribution < 1.29 is 9.52 Å². The summed E-state index contributed by atoms with van der Waals surface area (Å²) < 4.78 is 5.66. The number of anilines is 1. The van der Waals surface area contributed by atoms with Gasteiger partial charge in [0.05, 0.1) is 0 Å². The molecule has 0 amide bonds. The number of aliphatic hydroxyl groups is 1. The second kappa shape index (κ2) is 6.49. The first-order valence-corrected chi connectivity index (χ1v) is 8.91. The predicted octanol–water partition coefficient (Wildman–Crippen LogP) is 2.55. The zero-order valence-electron chi connectivity index (χ0n) is 14.6. The molecule has 4 rings (SSSR count). The Labute approximate surface area is 152 Å². The Balaban J connectivity index is 1.75. The molecule has 0 saturated heterocycles. The summed E-state index contributed by atoms with van der Waals surface area (Å²) in [4.78, 5) is 10.9. The van der Waals surface area contributed by atoms with Gasteiger partial charge in [-0.05, 0) is 49.9 Å². The maximum Gasteiger partial charge on any atom is 0.220 e. The first-order valence-electron chi connectivity index (χ1n) is 8.91. The van der Waals surface area contributed by atoms with Gasteiger partial charge in [-0.1, -0.05) is 18.6 Å². The van der Waals surface area contributed by atoms with E-state index < -0.39 is 5.66 Å². The highest BCUT2D eigenvalue weighted by Gasteiger charge is 2.42. The number of nitrogens with two attached hydrogens (primary N) is 2. The Morgan fingerprint density at radius 1 is 1.12 bits per heavy atom. The minimum atomic E-state index is -0.466. The van der Waals surface area contributed by atoms with Gasteiger partial charge in [-0.2, -0.15) is 4.99 Å². The van der Waals surface area contributed by atoms with Crippen LogP contribution < -0.4 is 16.4 Å². The van der Waals surface area contributed by atoms with Crippen LogP contribution in [0.1, 0.15) is 37.9 Å². The summed E-state index contributed by atoms with van der Waals surface area (Å²) in [5.41, 5.74) is 13.6. The highest BCUT2D eigenvalue weighted by Crippen LogP contribution is 2.40. The number of aliphatic hydroxyl groups excluding tert-OH is 1. The number of guanidine groups is 2. The molecule has 1 saturated carbocycles. The molecule has 1 aliphatic heterocycles. The molecule has 0 radical (unpaired) electrons. The average Bonchev–Trinajstić information content (AvgIpc) is 3.11. The van der Waals surface area contributed by atoms with Crippen molar-refractivity contribution in [3.8, 4) is 11.3 Å². The van der Waals surface area contributed by atoms with E-state index in [1.54, 1.807) is 6.07 Å². The van der Waals surface area contributed by atoms with Crippen molar-refractivity contribution in [2.24, 2.45) is 21.5 Å². The largest absolute Gasteiger partial charge is 0.459 e. The van der Waals surface area contributed by atoms with Gasteiger partial charge in [-0.3, -0.25) is 4.90 Å². The quantitative estimate of drug-likeness (QED) is 0.785. The summed E-state index contributed by atoms with van der Waals surface area (Å²) in [6, 6.07) is 11.5. The lowest BCUT2D eigenvalue weighted by Gasteiger charge is -2.45. The lowest BCUT2D eigenvalue weighted by molar-refractivity contribution is 0.248. The Hall–Kier alpha value is -2.80. The fraction of sp³-hybridized carbons (Fsp3) is 0.368. The van der Waals surface area contributed by atoms with Crippen molar-refractivity contribution in [2.45, 2.75) is 44.4 Å². The van der Waals surface area contributed by atoms with Crippen molar-refractivity contribution in [3.63, 3.8) is 0 Å². The standard InChI is InChI=1S/C19H23N5O2/c20-17-22-18(21)24(19(23-17)9-2-1-3-10-19)14-6-4-5-13(11-14)16-8-7-15(12-25)26-16/h4-8,11,25H,1-3,9-10,12H2,(H4,20,21,22,23). The van der Waals surface area contributed by atoms with Crippen LogP contribution in [-0.2, 0) is 6.61 Å². The normalized spacial score (nSPS) is 19.3. The van der Waals surface area contributed by atoms with Crippen LogP contribution in [-0.4, -0.2) is 22.7 Å². The Morgan fingerprint density at radius 2 is 1.92 bits per heavy atom. The van der Waals surface area contributed by atoms with Gasteiger partial charge in [0, 0.05) is 11.3 Å². The number of benzene rings is 1. The second-order valence-electron chi connectivity index (χ2n) is 6.79. The number of rotatable bonds is 3. The average molecular weight is 353 g/mol. The van der Waals surface area contributed by atoms with E-state index >= 15 is 0 Å². The Bertz CT molecular complexity index is 864. The third kappa shape index (κ3) is 2.84. The molecule has 5 N–H and O–H groups in total. The van der Waals surface area contributed by atoms with Gasteiger partial charge in [0.25, 0.3) is 0 Å². The highest BCUT2D eigenvalue weighted by atomic mass is 16.4. The van der Waals surface area contributed by atoms with Crippen LogP contribution in [0.2, 0.25) is 0 Å². The van der Waals surface area contributed by atoms with E-state index in [4.69, 9.17) is 20.9 Å². The van der Waals surface area contributed by atoms with Crippen LogP contribution in [0.15, 0.2) is 50.8 Å². The van der Waals surface area contributed by atoms with E-state index in [1.165, 1.54) is 6.42 Å². The number of nitrogens with zero attached hydrogens (tertiary/aromatic N) is 3. The fourth-order valence-electron chi connectivity index (χ4n) is 3.91. The second-order valence-corrected chi connectivity index (χ2v) is 6.79. The monoisotopic (exact) mass is 353 g/mol.